The number of rotatable bonds is 1. The van der Waals surface area contributed by atoms with Crippen LogP contribution in [0.2, 0.25) is 0 Å². The lowest BCUT2D eigenvalue weighted by molar-refractivity contribution is 0.0796. The van der Waals surface area contributed by atoms with Gasteiger partial charge in [0.05, 0.1) is 18.1 Å². The summed E-state index contributed by atoms with van der Waals surface area (Å²) in [6, 6.07) is 0. The van der Waals surface area contributed by atoms with Gasteiger partial charge in [-0.3, -0.25) is 0 Å². The minimum Gasteiger partial charge on any atom is -0.449 e. The number of hydrogen-bond donors (Lipinski definition) is 1. The quantitative estimate of drug-likeness (QED) is 0.700. The summed E-state index contributed by atoms with van der Waals surface area (Å²) in [5.74, 6) is 1.21. The highest BCUT2D eigenvalue weighted by Gasteiger charge is 2.32. The number of cyclic esters (lactones) is 1. The van der Waals surface area contributed by atoms with Gasteiger partial charge in [-0.25, -0.2) is 13.2 Å². The number of carbonyl (C=O) groups is 1. The number of nitrogens with one attached hydrogen (secondary N) is 1. The van der Waals surface area contributed by atoms with Crippen molar-refractivity contribution in [3.63, 3.8) is 0 Å². The molecule has 1 N–H and O–H groups in total. The van der Waals surface area contributed by atoms with E-state index in [1.165, 1.54) is 0 Å². The third-order valence-corrected chi connectivity index (χ3v) is 4.92. The predicted octanol–water partition coefficient (Wildman–Crippen LogP) is 0.167. The Morgan fingerprint density at radius 3 is 2.40 bits per heavy atom. The lowest BCUT2D eigenvalue weighted by atomic mass is 9.87. The first-order valence-corrected chi connectivity index (χ1v) is 7.00. The van der Waals surface area contributed by atoms with E-state index in [0.29, 0.717) is 31.9 Å². The Morgan fingerprint density at radius 1 is 1.20 bits per heavy atom. The number of ether oxygens (including phenoxy) is 1. The van der Waals surface area contributed by atoms with Crippen molar-refractivity contribution in [2.24, 2.45) is 11.8 Å². The molecule has 15 heavy (non-hydrogen) atoms. The van der Waals surface area contributed by atoms with E-state index in [1.807, 2.05) is 0 Å². The van der Waals surface area contributed by atoms with E-state index in [9.17, 15) is 13.2 Å². The number of amides is 1. The van der Waals surface area contributed by atoms with Gasteiger partial charge in [0.15, 0.2) is 0 Å². The van der Waals surface area contributed by atoms with Gasteiger partial charge in [0.1, 0.15) is 9.84 Å². The van der Waals surface area contributed by atoms with E-state index < -0.39 is 9.84 Å². The van der Waals surface area contributed by atoms with E-state index in [4.69, 9.17) is 4.74 Å². The normalized spacial score (nSPS) is 31.7. The third-order valence-electron chi connectivity index (χ3n) is 3.20. The van der Waals surface area contributed by atoms with Gasteiger partial charge >= 0.3 is 6.09 Å². The van der Waals surface area contributed by atoms with Crippen LogP contribution in [0.1, 0.15) is 12.8 Å². The molecule has 0 saturated carbocycles. The van der Waals surface area contributed by atoms with Crippen LogP contribution in [0.5, 0.6) is 0 Å². The molecule has 1 unspecified atom stereocenters. The molecule has 5 nitrogen and oxygen atoms in total. The summed E-state index contributed by atoms with van der Waals surface area (Å²) in [5, 5.41) is 2.64. The molecule has 0 bridgehead atoms. The minimum atomic E-state index is -2.79. The molecule has 0 aromatic heterocycles. The fourth-order valence-electron chi connectivity index (χ4n) is 2.19. The second-order valence-corrected chi connectivity index (χ2v) is 6.53. The summed E-state index contributed by atoms with van der Waals surface area (Å²) < 4.78 is 27.4. The highest BCUT2D eigenvalue weighted by Crippen LogP contribution is 2.27. The van der Waals surface area contributed by atoms with Gasteiger partial charge in [-0.15, -0.1) is 0 Å². The number of hydrogen-bond acceptors (Lipinski definition) is 4. The van der Waals surface area contributed by atoms with Gasteiger partial charge in [-0.2, -0.15) is 0 Å². The highest BCUT2D eigenvalue weighted by atomic mass is 32.2. The second kappa shape index (κ2) is 4.00. The maximum atomic E-state index is 11.2. The molecule has 1 amide bonds. The zero-order valence-electron chi connectivity index (χ0n) is 8.44. The van der Waals surface area contributed by atoms with Crippen molar-refractivity contribution in [1.82, 2.24) is 5.32 Å². The van der Waals surface area contributed by atoms with Crippen LogP contribution in [-0.4, -0.2) is 39.2 Å². The van der Waals surface area contributed by atoms with Crippen LogP contribution in [-0.2, 0) is 14.6 Å². The summed E-state index contributed by atoms with van der Waals surface area (Å²) in [6.07, 6.45) is 1.04. The Bertz CT molecular complexity index is 327. The van der Waals surface area contributed by atoms with Crippen molar-refractivity contribution in [3.05, 3.63) is 0 Å². The molecular formula is C9H15NO4S. The first kappa shape index (κ1) is 10.7. The maximum absolute atomic E-state index is 11.2. The molecule has 2 aliphatic heterocycles. The zero-order valence-corrected chi connectivity index (χ0v) is 9.26. The summed E-state index contributed by atoms with van der Waals surface area (Å²) in [5.41, 5.74) is 0. The number of carbonyl (C=O) groups excluding carboxylic acids is 1. The van der Waals surface area contributed by atoms with Crippen molar-refractivity contribution in [3.8, 4) is 0 Å². The van der Waals surface area contributed by atoms with Gasteiger partial charge < -0.3 is 10.1 Å². The van der Waals surface area contributed by atoms with Crippen LogP contribution in [0, 0.1) is 11.8 Å². The number of sulfone groups is 1. The molecule has 0 aromatic carbocycles. The molecule has 0 spiro atoms. The van der Waals surface area contributed by atoms with Crippen LogP contribution < -0.4 is 5.32 Å². The van der Waals surface area contributed by atoms with Crippen LogP contribution in [0.15, 0.2) is 0 Å². The van der Waals surface area contributed by atoms with Crippen molar-refractivity contribution < 1.29 is 17.9 Å². The molecule has 2 fully saturated rings. The summed E-state index contributed by atoms with van der Waals surface area (Å²) in [4.78, 5) is 10.8. The predicted molar refractivity (Wildman–Crippen MR) is 54.2 cm³/mol. The Hall–Kier alpha value is -0.780. The van der Waals surface area contributed by atoms with Gasteiger partial charge in [-0.1, -0.05) is 0 Å². The molecular weight excluding hydrogens is 218 g/mol. The smallest absolute Gasteiger partial charge is 0.407 e. The fraction of sp³-hybridized carbons (Fsp3) is 0.889. The molecule has 2 aliphatic rings. The van der Waals surface area contributed by atoms with Crippen molar-refractivity contribution >= 4 is 15.9 Å². The fourth-order valence-corrected chi connectivity index (χ4v) is 3.72. The SMILES string of the molecule is O=C1NCC(C2CCS(=O)(=O)CC2)CO1. The molecule has 0 aliphatic carbocycles. The topological polar surface area (TPSA) is 72.5 Å². The monoisotopic (exact) mass is 233 g/mol. The van der Waals surface area contributed by atoms with Crippen molar-refractivity contribution in [1.29, 1.82) is 0 Å². The van der Waals surface area contributed by atoms with E-state index in [2.05, 4.69) is 5.32 Å². The van der Waals surface area contributed by atoms with E-state index in [0.717, 1.165) is 0 Å². The van der Waals surface area contributed by atoms with E-state index in [-0.39, 0.29) is 23.5 Å². The summed E-state index contributed by atoms with van der Waals surface area (Å²) >= 11 is 0. The third kappa shape index (κ3) is 2.62. The molecule has 2 rings (SSSR count). The molecule has 0 aromatic rings. The van der Waals surface area contributed by atoms with Crippen LogP contribution in [0.25, 0.3) is 0 Å². The van der Waals surface area contributed by atoms with Gasteiger partial charge in [0, 0.05) is 12.5 Å². The standard InChI is InChI=1S/C9H15NO4S/c11-9-10-5-8(6-14-9)7-1-3-15(12,13)4-2-7/h7-8H,1-6H2,(H,10,11). The van der Waals surface area contributed by atoms with Crippen LogP contribution in [0.4, 0.5) is 4.79 Å². The molecule has 86 valence electrons. The van der Waals surface area contributed by atoms with Crippen LogP contribution in [0.3, 0.4) is 0 Å². The largest absolute Gasteiger partial charge is 0.449 e. The van der Waals surface area contributed by atoms with Gasteiger partial charge in [-0.05, 0) is 18.8 Å². The van der Waals surface area contributed by atoms with Gasteiger partial charge in [0.25, 0.3) is 0 Å². The summed E-state index contributed by atoms with van der Waals surface area (Å²) in [7, 11) is -2.79. The molecule has 6 heteroatoms. The lowest BCUT2D eigenvalue weighted by Gasteiger charge is -2.32. The Morgan fingerprint density at radius 2 is 1.87 bits per heavy atom. The van der Waals surface area contributed by atoms with Crippen molar-refractivity contribution in [2.45, 2.75) is 12.8 Å². The number of alkyl carbamates (subject to hydrolysis) is 1. The minimum absolute atomic E-state index is 0.276. The molecule has 2 heterocycles. The Labute approximate surface area is 89.1 Å². The molecule has 2 saturated heterocycles. The second-order valence-electron chi connectivity index (χ2n) is 4.23. The molecule has 1 atom stereocenters. The van der Waals surface area contributed by atoms with E-state index >= 15 is 0 Å². The first-order chi connectivity index (χ1) is 7.07. The van der Waals surface area contributed by atoms with Gasteiger partial charge in [0.2, 0.25) is 0 Å². The van der Waals surface area contributed by atoms with Crippen molar-refractivity contribution in [2.75, 3.05) is 24.7 Å². The summed E-state index contributed by atoms with van der Waals surface area (Å²) in [6.45, 7) is 1.04. The van der Waals surface area contributed by atoms with E-state index in [1.54, 1.807) is 0 Å². The average molecular weight is 233 g/mol. The molecule has 0 radical (unpaired) electrons. The van der Waals surface area contributed by atoms with Crippen LogP contribution >= 0.6 is 0 Å². The Balaban J connectivity index is 1.88. The lowest BCUT2D eigenvalue weighted by Crippen LogP contribution is -2.43. The highest BCUT2D eigenvalue weighted by molar-refractivity contribution is 7.91. The Kier molecular flexibility index (Phi) is 2.86. The average Bonchev–Trinajstić information content (AvgIpc) is 2.20. The zero-order chi connectivity index (χ0) is 10.9. The maximum Gasteiger partial charge on any atom is 0.407 e. The first-order valence-electron chi connectivity index (χ1n) is 5.18.